The van der Waals surface area contributed by atoms with Gasteiger partial charge in [-0.05, 0) is 25.1 Å². The van der Waals surface area contributed by atoms with Crippen LogP contribution in [0.2, 0.25) is 0 Å². The molecule has 3 rings (SSSR count). The third-order valence-corrected chi connectivity index (χ3v) is 3.53. The summed E-state index contributed by atoms with van der Waals surface area (Å²) in [5.74, 6) is -0.0656. The van der Waals surface area contributed by atoms with Gasteiger partial charge in [-0.15, -0.1) is 11.3 Å². The lowest BCUT2D eigenvalue weighted by Gasteiger charge is -2.03. The van der Waals surface area contributed by atoms with Crippen molar-refractivity contribution in [2.45, 2.75) is 13.3 Å². The van der Waals surface area contributed by atoms with Crippen LogP contribution in [0.1, 0.15) is 10.7 Å². The zero-order chi connectivity index (χ0) is 13.2. The van der Waals surface area contributed by atoms with Crippen molar-refractivity contribution < 1.29 is 4.79 Å². The Labute approximate surface area is 113 Å². The standard InChI is InChI=1S/C13H12N4OS/c1-8-16-10(6-19-8)5-13(18)17-9-2-3-11-12(4-9)15-7-14-11/h2-4,6-7H,5H2,1H3,(H,14,15)(H,17,18). The van der Waals surface area contributed by atoms with Gasteiger partial charge in [-0.3, -0.25) is 4.79 Å². The maximum Gasteiger partial charge on any atom is 0.230 e. The molecule has 2 N–H and O–H groups in total. The topological polar surface area (TPSA) is 70.7 Å². The number of aryl methyl sites for hydroxylation is 1. The minimum absolute atomic E-state index is 0.0656. The van der Waals surface area contributed by atoms with Gasteiger partial charge in [-0.2, -0.15) is 0 Å². The largest absolute Gasteiger partial charge is 0.345 e. The second-order valence-electron chi connectivity index (χ2n) is 4.22. The zero-order valence-electron chi connectivity index (χ0n) is 10.3. The number of fused-ring (bicyclic) bond motifs is 1. The molecule has 2 aromatic heterocycles. The highest BCUT2D eigenvalue weighted by molar-refractivity contribution is 7.09. The van der Waals surface area contributed by atoms with Crippen molar-refractivity contribution in [3.05, 3.63) is 40.6 Å². The first-order chi connectivity index (χ1) is 9.20. The third-order valence-electron chi connectivity index (χ3n) is 2.71. The molecule has 0 aliphatic carbocycles. The van der Waals surface area contributed by atoms with Crippen LogP contribution in [0.4, 0.5) is 5.69 Å². The van der Waals surface area contributed by atoms with Crippen LogP contribution in [0.15, 0.2) is 29.9 Å². The highest BCUT2D eigenvalue weighted by Crippen LogP contribution is 2.16. The molecule has 6 heteroatoms. The Bertz CT molecular complexity index is 731. The fourth-order valence-corrected chi connectivity index (χ4v) is 2.49. The number of rotatable bonds is 3. The molecule has 19 heavy (non-hydrogen) atoms. The Morgan fingerprint density at radius 3 is 3.16 bits per heavy atom. The van der Waals surface area contributed by atoms with Gasteiger partial charge in [0.05, 0.1) is 34.5 Å². The van der Waals surface area contributed by atoms with E-state index in [0.717, 1.165) is 27.4 Å². The lowest BCUT2D eigenvalue weighted by molar-refractivity contribution is -0.115. The number of anilines is 1. The zero-order valence-corrected chi connectivity index (χ0v) is 11.1. The molecule has 0 aliphatic rings. The van der Waals surface area contributed by atoms with Crippen molar-refractivity contribution in [3.63, 3.8) is 0 Å². The van der Waals surface area contributed by atoms with E-state index in [-0.39, 0.29) is 5.91 Å². The van der Waals surface area contributed by atoms with Crippen LogP contribution >= 0.6 is 11.3 Å². The molecule has 0 atom stereocenters. The number of amides is 1. The highest BCUT2D eigenvalue weighted by Gasteiger charge is 2.07. The summed E-state index contributed by atoms with van der Waals surface area (Å²) in [6, 6.07) is 5.58. The molecule has 0 saturated carbocycles. The van der Waals surface area contributed by atoms with E-state index < -0.39 is 0 Å². The number of imidazole rings is 1. The van der Waals surface area contributed by atoms with E-state index in [4.69, 9.17) is 0 Å². The van der Waals surface area contributed by atoms with Crippen LogP contribution in [0.5, 0.6) is 0 Å². The molecule has 0 bridgehead atoms. The first kappa shape index (κ1) is 11.9. The normalized spacial score (nSPS) is 10.8. The van der Waals surface area contributed by atoms with Crippen molar-refractivity contribution in [2.75, 3.05) is 5.32 Å². The summed E-state index contributed by atoms with van der Waals surface area (Å²) in [5, 5.41) is 5.74. The average Bonchev–Trinajstić information content (AvgIpc) is 2.97. The number of aromatic nitrogens is 3. The number of hydrogen-bond acceptors (Lipinski definition) is 4. The summed E-state index contributed by atoms with van der Waals surface area (Å²) in [6.45, 7) is 1.93. The molecular weight excluding hydrogens is 260 g/mol. The van der Waals surface area contributed by atoms with Crippen LogP contribution in [-0.2, 0) is 11.2 Å². The molecule has 0 aliphatic heterocycles. The van der Waals surface area contributed by atoms with Crippen LogP contribution in [0.3, 0.4) is 0 Å². The molecule has 1 aromatic carbocycles. The molecular formula is C13H12N4OS. The van der Waals surface area contributed by atoms with E-state index in [2.05, 4.69) is 20.3 Å². The number of thiazole rings is 1. The number of carbonyl (C=O) groups excluding carboxylic acids is 1. The van der Waals surface area contributed by atoms with E-state index in [1.54, 1.807) is 17.7 Å². The summed E-state index contributed by atoms with van der Waals surface area (Å²) in [7, 11) is 0. The van der Waals surface area contributed by atoms with Crippen molar-refractivity contribution in [2.24, 2.45) is 0 Å². The third kappa shape index (κ3) is 2.63. The summed E-state index contributed by atoms with van der Waals surface area (Å²) < 4.78 is 0. The van der Waals surface area contributed by atoms with E-state index in [0.29, 0.717) is 6.42 Å². The highest BCUT2D eigenvalue weighted by atomic mass is 32.1. The van der Waals surface area contributed by atoms with Gasteiger partial charge >= 0.3 is 0 Å². The predicted octanol–water partition coefficient (Wildman–Crippen LogP) is 2.51. The molecule has 0 fully saturated rings. The van der Waals surface area contributed by atoms with Gasteiger partial charge in [0.1, 0.15) is 0 Å². The number of carbonyl (C=O) groups is 1. The van der Waals surface area contributed by atoms with E-state index in [1.165, 1.54) is 0 Å². The number of benzene rings is 1. The maximum atomic E-state index is 11.9. The van der Waals surface area contributed by atoms with Gasteiger partial charge in [0.25, 0.3) is 0 Å². The predicted molar refractivity (Wildman–Crippen MR) is 75.3 cm³/mol. The first-order valence-electron chi connectivity index (χ1n) is 5.85. The smallest absolute Gasteiger partial charge is 0.230 e. The number of hydrogen-bond donors (Lipinski definition) is 2. The Morgan fingerprint density at radius 2 is 2.37 bits per heavy atom. The quantitative estimate of drug-likeness (QED) is 0.769. The molecule has 96 valence electrons. The second kappa shape index (κ2) is 4.81. The minimum atomic E-state index is -0.0656. The van der Waals surface area contributed by atoms with Crippen LogP contribution in [-0.4, -0.2) is 20.9 Å². The number of nitrogens with one attached hydrogen (secondary N) is 2. The van der Waals surface area contributed by atoms with Gasteiger partial charge in [0, 0.05) is 11.1 Å². The molecule has 0 saturated heterocycles. The van der Waals surface area contributed by atoms with E-state index in [1.807, 2.05) is 30.5 Å². The molecule has 2 heterocycles. The van der Waals surface area contributed by atoms with Crippen molar-refractivity contribution in [3.8, 4) is 0 Å². The number of nitrogens with zero attached hydrogens (tertiary/aromatic N) is 2. The summed E-state index contributed by atoms with van der Waals surface area (Å²) >= 11 is 1.55. The first-order valence-corrected chi connectivity index (χ1v) is 6.73. The number of aromatic amines is 1. The van der Waals surface area contributed by atoms with Crippen LogP contribution in [0.25, 0.3) is 11.0 Å². The average molecular weight is 272 g/mol. The fourth-order valence-electron chi connectivity index (χ4n) is 1.87. The Hall–Kier alpha value is -2.21. The summed E-state index contributed by atoms with van der Waals surface area (Å²) in [6.07, 6.45) is 1.93. The summed E-state index contributed by atoms with van der Waals surface area (Å²) in [5.41, 5.74) is 3.35. The molecule has 0 spiro atoms. The maximum absolute atomic E-state index is 11.9. The molecule has 3 aromatic rings. The van der Waals surface area contributed by atoms with E-state index >= 15 is 0 Å². The summed E-state index contributed by atoms with van der Waals surface area (Å²) in [4.78, 5) is 23.3. The van der Waals surface area contributed by atoms with Gasteiger partial charge in [0.2, 0.25) is 5.91 Å². The molecule has 5 nitrogen and oxygen atoms in total. The minimum Gasteiger partial charge on any atom is -0.345 e. The Kier molecular flexibility index (Phi) is 3.00. The fraction of sp³-hybridized carbons (Fsp3) is 0.154. The lowest BCUT2D eigenvalue weighted by atomic mass is 10.2. The lowest BCUT2D eigenvalue weighted by Crippen LogP contribution is -2.14. The monoisotopic (exact) mass is 272 g/mol. The van der Waals surface area contributed by atoms with Gasteiger partial charge in [-0.25, -0.2) is 9.97 Å². The molecule has 0 unspecified atom stereocenters. The van der Waals surface area contributed by atoms with Gasteiger partial charge in [0.15, 0.2) is 0 Å². The van der Waals surface area contributed by atoms with Crippen LogP contribution in [0, 0.1) is 6.92 Å². The molecule has 0 radical (unpaired) electrons. The Morgan fingerprint density at radius 1 is 1.47 bits per heavy atom. The van der Waals surface area contributed by atoms with E-state index in [9.17, 15) is 4.79 Å². The van der Waals surface area contributed by atoms with Crippen molar-refractivity contribution in [1.29, 1.82) is 0 Å². The van der Waals surface area contributed by atoms with Crippen LogP contribution < -0.4 is 5.32 Å². The molecule has 1 amide bonds. The number of H-pyrrole nitrogens is 1. The SMILES string of the molecule is Cc1nc(CC(=O)Nc2ccc3nc[nH]c3c2)cs1. The van der Waals surface area contributed by atoms with Gasteiger partial charge < -0.3 is 10.3 Å². The second-order valence-corrected chi connectivity index (χ2v) is 5.28. The van der Waals surface area contributed by atoms with Gasteiger partial charge in [-0.1, -0.05) is 0 Å². The Balaban J connectivity index is 1.71. The van der Waals surface area contributed by atoms with Crippen molar-refractivity contribution in [1.82, 2.24) is 15.0 Å². The van der Waals surface area contributed by atoms with Crippen molar-refractivity contribution >= 4 is 34.0 Å².